The molecule has 0 aromatic rings. The van der Waals surface area contributed by atoms with Crippen LogP contribution in [0.15, 0.2) is 12.2 Å². The fourth-order valence-corrected chi connectivity index (χ4v) is 2.31. The molecule has 2 rings (SSSR count). The average molecular weight is 209 g/mol. The van der Waals surface area contributed by atoms with Crippen molar-refractivity contribution in [1.82, 2.24) is 4.90 Å². The number of imide groups is 1. The zero-order valence-corrected chi connectivity index (χ0v) is 8.81. The molecule has 2 atom stereocenters. The van der Waals surface area contributed by atoms with E-state index in [1.165, 1.54) is 11.0 Å². The van der Waals surface area contributed by atoms with Gasteiger partial charge in [-0.2, -0.15) is 0 Å². The van der Waals surface area contributed by atoms with Crippen LogP contribution in [0.2, 0.25) is 0 Å². The first-order valence-corrected chi connectivity index (χ1v) is 5.40. The Kier molecular flexibility index (Phi) is 2.75. The van der Waals surface area contributed by atoms with Crippen LogP contribution in [0.5, 0.6) is 0 Å². The fourth-order valence-electron chi connectivity index (χ4n) is 2.31. The zero-order chi connectivity index (χ0) is 10.8. The summed E-state index contributed by atoms with van der Waals surface area (Å²) in [6, 6.07) is -0.0325. The number of hydrogen-bond acceptors (Lipinski definition) is 3. The summed E-state index contributed by atoms with van der Waals surface area (Å²) in [7, 11) is 0. The minimum Gasteiger partial charge on any atom is -0.444 e. The zero-order valence-electron chi connectivity index (χ0n) is 8.81. The van der Waals surface area contributed by atoms with E-state index in [0.29, 0.717) is 0 Å². The third kappa shape index (κ3) is 1.76. The van der Waals surface area contributed by atoms with Crippen LogP contribution in [-0.4, -0.2) is 29.0 Å². The molecule has 0 N–H and O–H groups in total. The van der Waals surface area contributed by atoms with Crippen molar-refractivity contribution < 1.29 is 14.3 Å². The highest BCUT2D eigenvalue weighted by molar-refractivity contribution is 5.99. The summed E-state index contributed by atoms with van der Waals surface area (Å²) in [5.41, 5.74) is 0. The summed E-state index contributed by atoms with van der Waals surface area (Å²) in [5, 5.41) is 0. The molecule has 4 nitrogen and oxygen atoms in total. The van der Waals surface area contributed by atoms with Crippen molar-refractivity contribution in [3.05, 3.63) is 12.2 Å². The van der Waals surface area contributed by atoms with Crippen LogP contribution in [-0.2, 0) is 9.53 Å². The van der Waals surface area contributed by atoms with E-state index in [0.717, 1.165) is 25.7 Å². The molecular formula is C11H15NO3. The summed E-state index contributed by atoms with van der Waals surface area (Å²) >= 11 is 0. The van der Waals surface area contributed by atoms with Crippen LogP contribution in [0.1, 0.15) is 32.6 Å². The Hall–Kier alpha value is -1.32. The van der Waals surface area contributed by atoms with Crippen molar-refractivity contribution in [2.45, 2.75) is 44.8 Å². The number of amides is 2. The van der Waals surface area contributed by atoms with Crippen molar-refractivity contribution >= 4 is 12.0 Å². The molecule has 4 heteroatoms. The van der Waals surface area contributed by atoms with Crippen molar-refractivity contribution in [3.8, 4) is 0 Å². The summed E-state index contributed by atoms with van der Waals surface area (Å²) in [6.45, 7) is 1.76. The third-order valence-corrected chi connectivity index (χ3v) is 2.99. The van der Waals surface area contributed by atoms with Gasteiger partial charge in [0, 0.05) is 0 Å². The lowest BCUT2D eigenvalue weighted by atomic mass is 9.92. The van der Waals surface area contributed by atoms with E-state index in [1.807, 2.05) is 0 Å². The number of fused-ring (bicyclic) bond motifs is 1. The van der Waals surface area contributed by atoms with Crippen LogP contribution in [0, 0.1) is 0 Å². The molecule has 0 unspecified atom stereocenters. The molecule has 0 spiro atoms. The molecule has 1 aliphatic heterocycles. The second-order valence-corrected chi connectivity index (χ2v) is 3.98. The number of hydrogen-bond donors (Lipinski definition) is 0. The van der Waals surface area contributed by atoms with Crippen LogP contribution in [0.3, 0.4) is 0 Å². The molecule has 1 saturated carbocycles. The Bertz CT molecular complexity index is 311. The molecule has 1 saturated heterocycles. The lowest BCUT2D eigenvalue weighted by molar-refractivity contribution is -0.124. The molecule has 2 aliphatic rings. The molecule has 82 valence electrons. The van der Waals surface area contributed by atoms with Crippen molar-refractivity contribution in [2.24, 2.45) is 0 Å². The van der Waals surface area contributed by atoms with E-state index >= 15 is 0 Å². The van der Waals surface area contributed by atoms with Gasteiger partial charge in [-0.1, -0.05) is 12.5 Å². The van der Waals surface area contributed by atoms with Gasteiger partial charge in [-0.25, -0.2) is 9.69 Å². The van der Waals surface area contributed by atoms with Gasteiger partial charge in [-0.15, -0.1) is 0 Å². The first-order valence-electron chi connectivity index (χ1n) is 5.40. The molecule has 1 aliphatic carbocycles. The Balaban J connectivity index is 2.16. The van der Waals surface area contributed by atoms with Gasteiger partial charge >= 0.3 is 6.09 Å². The quantitative estimate of drug-likeness (QED) is 0.619. The first kappa shape index (κ1) is 10.2. The van der Waals surface area contributed by atoms with Crippen LogP contribution in [0.4, 0.5) is 4.79 Å². The maximum atomic E-state index is 11.6. The van der Waals surface area contributed by atoms with Crippen molar-refractivity contribution in [2.75, 3.05) is 0 Å². The van der Waals surface area contributed by atoms with E-state index in [2.05, 4.69) is 0 Å². The SMILES string of the molecule is C/C=C/C(=O)N1C(=O)O[C@@H]2CCCC[C@H]21. The highest BCUT2D eigenvalue weighted by Crippen LogP contribution is 2.31. The number of nitrogens with zero attached hydrogens (tertiary/aromatic N) is 1. The molecule has 2 fully saturated rings. The highest BCUT2D eigenvalue weighted by Gasteiger charge is 2.45. The number of ether oxygens (including phenoxy) is 1. The normalized spacial score (nSPS) is 30.5. The molecule has 0 aromatic carbocycles. The van der Waals surface area contributed by atoms with Gasteiger partial charge in [0.15, 0.2) is 0 Å². The van der Waals surface area contributed by atoms with Crippen LogP contribution < -0.4 is 0 Å². The van der Waals surface area contributed by atoms with E-state index in [1.54, 1.807) is 13.0 Å². The van der Waals surface area contributed by atoms with Crippen LogP contribution >= 0.6 is 0 Å². The van der Waals surface area contributed by atoms with E-state index in [-0.39, 0.29) is 18.1 Å². The minimum absolute atomic E-state index is 0.0325. The molecule has 15 heavy (non-hydrogen) atoms. The minimum atomic E-state index is -0.477. The van der Waals surface area contributed by atoms with Gasteiger partial charge < -0.3 is 4.74 Å². The van der Waals surface area contributed by atoms with Crippen molar-refractivity contribution in [1.29, 1.82) is 0 Å². The van der Waals surface area contributed by atoms with Gasteiger partial charge in [0.2, 0.25) is 0 Å². The largest absolute Gasteiger partial charge is 0.444 e. The van der Waals surface area contributed by atoms with Gasteiger partial charge in [0.1, 0.15) is 6.10 Å². The topological polar surface area (TPSA) is 46.6 Å². The van der Waals surface area contributed by atoms with Gasteiger partial charge in [-0.05, 0) is 32.3 Å². The number of rotatable bonds is 1. The van der Waals surface area contributed by atoms with E-state index < -0.39 is 6.09 Å². The first-order chi connectivity index (χ1) is 7.24. The van der Waals surface area contributed by atoms with Gasteiger partial charge in [0.05, 0.1) is 6.04 Å². The number of allylic oxidation sites excluding steroid dienone is 1. The van der Waals surface area contributed by atoms with E-state index in [4.69, 9.17) is 4.74 Å². The standard InChI is InChI=1S/C11H15NO3/c1-2-5-10(13)12-8-6-3-4-7-9(8)15-11(12)14/h2,5,8-9H,3-4,6-7H2,1H3/b5-2+/t8-,9-/m1/s1. The summed E-state index contributed by atoms with van der Waals surface area (Å²) in [6.07, 6.45) is 6.42. The lowest BCUT2D eigenvalue weighted by Gasteiger charge is -2.25. The van der Waals surface area contributed by atoms with Gasteiger partial charge in [0.25, 0.3) is 5.91 Å². The predicted molar refractivity (Wildman–Crippen MR) is 54.2 cm³/mol. The lowest BCUT2D eigenvalue weighted by Crippen LogP contribution is -2.41. The molecule has 0 aromatic heterocycles. The van der Waals surface area contributed by atoms with E-state index in [9.17, 15) is 9.59 Å². The molecule has 2 amide bonds. The predicted octanol–water partition coefficient (Wildman–Crippen LogP) is 1.85. The second-order valence-electron chi connectivity index (χ2n) is 3.98. The highest BCUT2D eigenvalue weighted by atomic mass is 16.6. The maximum absolute atomic E-state index is 11.6. The van der Waals surface area contributed by atoms with Crippen LogP contribution in [0.25, 0.3) is 0 Å². The molecule has 1 heterocycles. The molecule has 0 radical (unpaired) electrons. The summed E-state index contributed by atoms with van der Waals surface area (Å²) < 4.78 is 5.18. The van der Waals surface area contributed by atoms with Crippen molar-refractivity contribution in [3.63, 3.8) is 0 Å². The Morgan fingerprint density at radius 1 is 1.47 bits per heavy atom. The summed E-state index contributed by atoms with van der Waals surface area (Å²) in [4.78, 5) is 24.4. The monoisotopic (exact) mass is 209 g/mol. The third-order valence-electron chi connectivity index (χ3n) is 2.99. The Morgan fingerprint density at radius 2 is 2.20 bits per heavy atom. The average Bonchev–Trinajstić information content (AvgIpc) is 2.54. The van der Waals surface area contributed by atoms with Gasteiger partial charge in [-0.3, -0.25) is 4.79 Å². The smallest absolute Gasteiger partial charge is 0.417 e. The fraction of sp³-hybridized carbons (Fsp3) is 0.636. The summed E-state index contributed by atoms with van der Waals surface area (Å²) in [5.74, 6) is -0.253. The Labute approximate surface area is 88.9 Å². The number of carbonyl (C=O) groups is 2. The second kappa shape index (κ2) is 4.04. The molecule has 0 bridgehead atoms. The molecular weight excluding hydrogens is 194 g/mol. The maximum Gasteiger partial charge on any atom is 0.417 e. The Morgan fingerprint density at radius 3 is 2.93 bits per heavy atom. The number of carbonyl (C=O) groups excluding carboxylic acids is 2.